The number of hydrogen-bond acceptors (Lipinski definition) is 3. The van der Waals surface area contributed by atoms with E-state index >= 15 is 0 Å². The van der Waals surface area contributed by atoms with Crippen molar-refractivity contribution in [3.63, 3.8) is 0 Å². The number of rotatable bonds is 5. The van der Waals surface area contributed by atoms with Crippen molar-refractivity contribution in [2.24, 2.45) is 0 Å². The lowest BCUT2D eigenvalue weighted by molar-refractivity contribution is 0.301. The number of aryl methyl sites for hydroxylation is 1. The molecule has 0 unspecified atom stereocenters. The van der Waals surface area contributed by atoms with Crippen LogP contribution in [0, 0.1) is 6.92 Å². The highest BCUT2D eigenvalue weighted by atomic mass is 28.4. The molecule has 3 nitrogen and oxygen atoms in total. The minimum atomic E-state index is -1.61. The lowest BCUT2D eigenvalue weighted by atomic mass is 10.2. The van der Waals surface area contributed by atoms with Crippen molar-refractivity contribution >= 4 is 14.1 Å². The Hall–Kier alpha value is -0.873. The average molecular weight is 266 g/mol. The van der Waals surface area contributed by atoms with Gasteiger partial charge >= 0.3 is 0 Å². The molecule has 1 aromatic rings. The lowest BCUT2D eigenvalue weighted by Crippen LogP contribution is -2.41. The van der Waals surface area contributed by atoms with Gasteiger partial charge in [-0.2, -0.15) is 0 Å². The Morgan fingerprint density at radius 3 is 2.50 bits per heavy atom. The zero-order valence-electron chi connectivity index (χ0n) is 12.5. The molecule has 0 radical (unpaired) electrons. The Labute approximate surface area is 112 Å². The molecule has 0 aliphatic heterocycles. The monoisotopic (exact) mass is 266 g/mol. The summed E-state index contributed by atoms with van der Waals surface area (Å²) in [5.74, 6) is 0.925. The van der Waals surface area contributed by atoms with Crippen molar-refractivity contribution in [3.05, 3.63) is 23.9 Å². The molecule has 1 aromatic heterocycles. The molecule has 1 rings (SSSR count). The van der Waals surface area contributed by atoms with Crippen LogP contribution >= 0.6 is 0 Å². The molecule has 0 aliphatic rings. The minimum absolute atomic E-state index is 0.272. The van der Waals surface area contributed by atoms with Crippen molar-refractivity contribution in [1.29, 1.82) is 0 Å². The molecular formula is C14H26N2OSi. The van der Waals surface area contributed by atoms with Gasteiger partial charge in [0.1, 0.15) is 5.82 Å². The second kappa shape index (κ2) is 5.84. The number of anilines is 1. The van der Waals surface area contributed by atoms with Gasteiger partial charge in [-0.15, -0.1) is 0 Å². The summed E-state index contributed by atoms with van der Waals surface area (Å²) in [5.41, 5.74) is 1.03. The van der Waals surface area contributed by atoms with Crippen LogP contribution in [0.1, 0.15) is 26.5 Å². The molecule has 1 N–H and O–H groups in total. The number of hydrogen-bond donors (Lipinski definition) is 1. The van der Waals surface area contributed by atoms with Gasteiger partial charge in [0.2, 0.25) is 0 Å². The van der Waals surface area contributed by atoms with Crippen LogP contribution in [0.4, 0.5) is 5.82 Å². The second-order valence-corrected chi connectivity index (χ2v) is 11.0. The Balaban J connectivity index is 2.35. The molecule has 0 fully saturated rings. The maximum absolute atomic E-state index is 6.09. The standard InChI is InChI=1S/C14H26N2OSi/c1-12-8-7-9-13(16-12)15-10-11-17-18(5,6)14(2,3)4/h7-9H,10-11H2,1-6H3,(H,15,16). The minimum Gasteiger partial charge on any atom is -0.415 e. The molecule has 0 saturated heterocycles. The maximum Gasteiger partial charge on any atom is 0.192 e. The van der Waals surface area contributed by atoms with Crippen molar-refractivity contribution in [2.75, 3.05) is 18.5 Å². The van der Waals surface area contributed by atoms with E-state index in [-0.39, 0.29) is 5.04 Å². The molecule has 4 heteroatoms. The number of nitrogens with zero attached hydrogens (tertiary/aromatic N) is 1. The molecule has 0 amide bonds. The average Bonchev–Trinajstić information content (AvgIpc) is 2.23. The normalized spacial score (nSPS) is 12.6. The van der Waals surface area contributed by atoms with Crippen LogP contribution in [0.5, 0.6) is 0 Å². The van der Waals surface area contributed by atoms with E-state index < -0.39 is 8.32 Å². The van der Waals surface area contributed by atoms with Crippen LogP contribution in [0.2, 0.25) is 18.1 Å². The number of nitrogens with one attached hydrogen (secondary N) is 1. The van der Waals surface area contributed by atoms with Crippen LogP contribution in [0.3, 0.4) is 0 Å². The zero-order valence-corrected chi connectivity index (χ0v) is 13.5. The Kier molecular flexibility index (Phi) is 4.93. The Bertz CT molecular complexity index is 386. The highest BCUT2D eigenvalue weighted by Crippen LogP contribution is 2.36. The quantitative estimate of drug-likeness (QED) is 0.650. The van der Waals surface area contributed by atoms with Crippen LogP contribution in [-0.2, 0) is 4.43 Å². The molecule has 0 atom stereocenters. The Morgan fingerprint density at radius 2 is 1.94 bits per heavy atom. The highest BCUT2D eigenvalue weighted by molar-refractivity contribution is 6.74. The first-order valence-corrected chi connectivity index (χ1v) is 9.45. The molecule has 0 aromatic carbocycles. The fourth-order valence-electron chi connectivity index (χ4n) is 1.34. The van der Waals surface area contributed by atoms with Crippen LogP contribution in [0.15, 0.2) is 18.2 Å². The van der Waals surface area contributed by atoms with E-state index in [2.05, 4.69) is 44.2 Å². The summed E-state index contributed by atoms with van der Waals surface area (Å²) in [4.78, 5) is 4.40. The largest absolute Gasteiger partial charge is 0.415 e. The number of aromatic nitrogens is 1. The third-order valence-corrected chi connectivity index (χ3v) is 8.10. The van der Waals surface area contributed by atoms with Gasteiger partial charge in [0.05, 0.1) is 6.61 Å². The molecule has 1 heterocycles. The molecule has 0 aliphatic carbocycles. The summed E-state index contributed by atoms with van der Waals surface area (Å²) < 4.78 is 6.09. The van der Waals surface area contributed by atoms with Crippen LogP contribution < -0.4 is 5.32 Å². The van der Waals surface area contributed by atoms with E-state index in [0.29, 0.717) is 0 Å². The second-order valence-electron chi connectivity index (χ2n) is 6.20. The lowest BCUT2D eigenvalue weighted by Gasteiger charge is -2.36. The first kappa shape index (κ1) is 15.2. The van der Waals surface area contributed by atoms with E-state index in [1.54, 1.807) is 0 Å². The zero-order chi connectivity index (χ0) is 13.8. The Morgan fingerprint density at radius 1 is 1.28 bits per heavy atom. The molecule has 18 heavy (non-hydrogen) atoms. The van der Waals surface area contributed by atoms with E-state index in [9.17, 15) is 0 Å². The first-order valence-electron chi connectivity index (χ1n) is 6.54. The van der Waals surface area contributed by atoms with E-state index in [4.69, 9.17) is 4.43 Å². The predicted octanol–water partition coefficient (Wildman–Crippen LogP) is 3.82. The van der Waals surface area contributed by atoms with Gasteiger partial charge in [-0.3, -0.25) is 0 Å². The maximum atomic E-state index is 6.09. The molecule has 102 valence electrons. The van der Waals surface area contributed by atoms with E-state index in [1.165, 1.54) is 0 Å². The van der Waals surface area contributed by atoms with Crippen LogP contribution in [0.25, 0.3) is 0 Å². The van der Waals surface area contributed by atoms with Crippen molar-refractivity contribution in [2.45, 2.75) is 45.8 Å². The summed E-state index contributed by atoms with van der Waals surface area (Å²) in [5, 5.41) is 3.57. The van der Waals surface area contributed by atoms with Crippen molar-refractivity contribution in [1.82, 2.24) is 4.98 Å². The van der Waals surface area contributed by atoms with Crippen LogP contribution in [-0.4, -0.2) is 26.5 Å². The van der Waals surface area contributed by atoms with Gasteiger partial charge < -0.3 is 9.74 Å². The highest BCUT2D eigenvalue weighted by Gasteiger charge is 2.36. The smallest absolute Gasteiger partial charge is 0.192 e. The summed E-state index contributed by atoms with van der Waals surface area (Å²) >= 11 is 0. The van der Waals surface area contributed by atoms with Gasteiger partial charge in [0.15, 0.2) is 8.32 Å². The van der Waals surface area contributed by atoms with Crippen molar-refractivity contribution < 1.29 is 4.43 Å². The predicted molar refractivity (Wildman–Crippen MR) is 80.6 cm³/mol. The van der Waals surface area contributed by atoms with Crippen molar-refractivity contribution in [3.8, 4) is 0 Å². The molecule has 0 saturated carbocycles. The SMILES string of the molecule is Cc1cccc(NCCO[Si](C)(C)C(C)(C)C)n1. The topological polar surface area (TPSA) is 34.1 Å². The molecule has 0 spiro atoms. The fraction of sp³-hybridized carbons (Fsp3) is 0.643. The van der Waals surface area contributed by atoms with E-state index in [1.807, 2.05) is 25.1 Å². The van der Waals surface area contributed by atoms with Gasteiger partial charge in [0.25, 0.3) is 0 Å². The fourth-order valence-corrected chi connectivity index (χ4v) is 2.39. The van der Waals surface area contributed by atoms with Gasteiger partial charge in [0, 0.05) is 12.2 Å². The summed E-state index contributed by atoms with van der Waals surface area (Å²) in [7, 11) is -1.61. The molecule has 0 bridgehead atoms. The number of pyridine rings is 1. The van der Waals surface area contributed by atoms with Gasteiger partial charge in [-0.25, -0.2) is 4.98 Å². The third kappa shape index (κ3) is 4.42. The summed E-state index contributed by atoms with van der Waals surface area (Å²) in [6, 6.07) is 6.00. The molecular weight excluding hydrogens is 240 g/mol. The third-order valence-electron chi connectivity index (χ3n) is 3.57. The van der Waals surface area contributed by atoms with Gasteiger partial charge in [-0.05, 0) is 37.2 Å². The first-order chi connectivity index (χ1) is 8.22. The summed E-state index contributed by atoms with van der Waals surface area (Å²) in [6.45, 7) is 14.9. The van der Waals surface area contributed by atoms with Gasteiger partial charge in [-0.1, -0.05) is 26.8 Å². The van der Waals surface area contributed by atoms with E-state index in [0.717, 1.165) is 24.7 Å². The summed E-state index contributed by atoms with van der Waals surface area (Å²) in [6.07, 6.45) is 0.